The van der Waals surface area contributed by atoms with Crippen LogP contribution in [-0.2, 0) is 19.3 Å². The minimum atomic E-state index is -0.265. The maximum absolute atomic E-state index is 12.1. The van der Waals surface area contributed by atoms with Crippen LogP contribution in [0.2, 0.25) is 0 Å². The summed E-state index contributed by atoms with van der Waals surface area (Å²) in [7, 11) is 0. The zero-order valence-electron chi connectivity index (χ0n) is 16.0. The van der Waals surface area contributed by atoms with Crippen LogP contribution in [0, 0.1) is 13.8 Å². The number of carbonyl (C=O) groups is 1. The van der Waals surface area contributed by atoms with E-state index < -0.39 is 0 Å². The van der Waals surface area contributed by atoms with Crippen molar-refractivity contribution in [3.63, 3.8) is 0 Å². The van der Waals surface area contributed by atoms with E-state index in [2.05, 4.69) is 30.7 Å². The normalized spacial score (nSPS) is 12.6. The van der Waals surface area contributed by atoms with Crippen LogP contribution in [0.4, 0.5) is 10.5 Å². The van der Waals surface area contributed by atoms with Crippen LogP contribution < -0.4 is 10.6 Å². The third kappa shape index (κ3) is 4.00. The molecular weight excluding hydrogens is 356 g/mol. The van der Waals surface area contributed by atoms with Crippen molar-refractivity contribution in [1.29, 1.82) is 0 Å². The van der Waals surface area contributed by atoms with E-state index in [1.54, 1.807) is 19.1 Å². The second-order valence-corrected chi connectivity index (χ2v) is 6.86. The largest absolute Gasteiger partial charge is 0.337 e. The summed E-state index contributed by atoms with van der Waals surface area (Å²) in [4.78, 5) is 25.5. The Bertz CT molecular complexity index is 996. The van der Waals surface area contributed by atoms with Crippen LogP contribution in [0.1, 0.15) is 35.0 Å². The van der Waals surface area contributed by atoms with Crippen LogP contribution in [0.15, 0.2) is 28.8 Å². The van der Waals surface area contributed by atoms with Crippen molar-refractivity contribution in [3.05, 3.63) is 52.9 Å². The lowest BCUT2D eigenvalue weighted by molar-refractivity contribution is 0.252. The summed E-state index contributed by atoms with van der Waals surface area (Å²) in [5.74, 6) is 1.83. The van der Waals surface area contributed by atoms with Gasteiger partial charge < -0.3 is 15.2 Å². The molecule has 0 unspecified atom stereocenters. The van der Waals surface area contributed by atoms with Gasteiger partial charge in [0, 0.05) is 35.6 Å². The van der Waals surface area contributed by atoms with Gasteiger partial charge in [0.05, 0.1) is 0 Å². The molecule has 0 spiro atoms. The molecule has 0 atom stereocenters. The highest BCUT2D eigenvalue weighted by Gasteiger charge is 2.16. The van der Waals surface area contributed by atoms with E-state index in [0.29, 0.717) is 30.4 Å². The van der Waals surface area contributed by atoms with E-state index >= 15 is 0 Å². The smallest absolute Gasteiger partial charge is 0.319 e. The number of urea groups is 1. The zero-order chi connectivity index (χ0) is 19.5. The summed E-state index contributed by atoms with van der Waals surface area (Å²) >= 11 is 0. The number of fused-ring (bicyclic) bond motifs is 1. The molecule has 1 aliphatic carbocycles. The highest BCUT2D eigenvalue weighted by atomic mass is 16.5. The van der Waals surface area contributed by atoms with Gasteiger partial charge in [0.1, 0.15) is 5.82 Å². The number of aryl methyl sites for hydroxylation is 3. The standard InChI is InChI=1S/C20H22N6O2/c1-12-16-4-3-5-17(16)25-18(22-12)10-11-21-20(27)24-15-8-6-14(7-9-15)19-23-13(2)26-28-19/h6-9H,3-5,10-11H2,1-2H3,(H2,21,24,27). The van der Waals surface area contributed by atoms with Gasteiger partial charge in [0.15, 0.2) is 5.82 Å². The Morgan fingerprint density at radius 1 is 1.11 bits per heavy atom. The van der Waals surface area contributed by atoms with Crippen LogP contribution in [0.5, 0.6) is 0 Å². The number of hydrogen-bond donors (Lipinski definition) is 2. The molecule has 4 rings (SSSR count). The van der Waals surface area contributed by atoms with E-state index in [1.165, 1.54) is 11.3 Å². The van der Waals surface area contributed by atoms with Gasteiger partial charge in [-0.3, -0.25) is 0 Å². The van der Waals surface area contributed by atoms with Crippen molar-refractivity contribution in [2.24, 2.45) is 0 Å². The Kier molecular flexibility index (Phi) is 5.01. The number of anilines is 1. The molecule has 2 amide bonds. The van der Waals surface area contributed by atoms with Gasteiger partial charge in [-0.25, -0.2) is 14.8 Å². The molecule has 0 fully saturated rings. The number of aromatic nitrogens is 4. The van der Waals surface area contributed by atoms with Gasteiger partial charge in [-0.1, -0.05) is 5.16 Å². The first-order valence-electron chi connectivity index (χ1n) is 9.39. The molecule has 0 saturated heterocycles. The molecule has 3 aromatic rings. The Hall–Kier alpha value is -3.29. The molecule has 0 saturated carbocycles. The first kappa shape index (κ1) is 18.1. The number of rotatable bonds is 5. The molecule has 0 aliphatic heterocycles. The molecule has 1 aromatic carbocycles. The van der Waals surface area contributed by atoms with Crippen molar-refractivity contribution < 1.29 is 9.32 Å². The number of carbonyl (C=O) groups excluding carboxylic acids is 1. The van der Waals surface area contributed by atoms with E-state index in [1.807, 2.05) is 19.1 Å². The second-order valence-electron chi connectivity index (χ2n) is 6.86. The average Bonchev–Trinajstić information content (AvgIpc) is 3.31. The Morgan fingerprint density at radius 2 is 1.93 bits per heavy atom. The third-order valence-corrected chi connectivity index (χ3v) is 4.74. The van der Waals surface area contributed by atoms with Crippen LogP contribution in [-0.4, -0.2) is 32.7 Å². The quantitative estimate of drug-likeness (QED) is 0.707. The summed E-state index contributed by atoms with van der Waals surface area (Å²) in [5, 5.41) is 9.42. The summed E-state index contributed by atoms with van der Waals surface area (Å²) in [6.45, 7) is 4.28. The number of nitrogens with zero attached hydrogens (tertiary/aromatic N) is 4. The first-order chi connectivity index (χ1) is 13.6. The molecule has 2 N–H and O–H groups in total. The summed E-state index contributed by atoms with van der Waals surface area (Å²) in [5.41, 5.74) is 5.02. The zero-order valence-corrected chi connectivity index (χ0v) is 16.0. The number of benzene rings is 1. The topological polar surface area (TPSA) is 106 Å². The molecule has 1 aliphatic rings. The van der Waals surface area contributed by atoms with Gasteiger partial charge in [-0.2, -0.15) is 4.98 Å². The van der Waals surface area contributed by atoms with Gasteiger partial charge in [0.2, 0.25) is 0 Å². The minimum Gasteiger partial charge on any atom is -0.337 e. The molecule has 2 aromatic heterocycles. The first-order valence-corrected chi connectivity index (χ1v) is 9.39. The molecule has 0 bridgehead atoms. The van der Waals surface area contributed by atoms with Gasteiger partial charge >= 0.3 is 6.03 Å². The summed E-state index contributed by atoms with van der Waals surface area (Å²) < 4.78 is 5.13. The fourth-order valence-electron chi connectivity index (χ4n) is 3.37. The van der Waals surface area contributed by atoms with Crippen LogP contribution in [0.3, 0.4) is 0 Å². The fourth-order valence-corrected chi connectivity index (χ4v) is 3.37. The monoisotopic (exact) mass is 378 g/mol. The Morgan fingerprint density at radius 3 is 2.68 bits per heavy atom. The lowest BCUT2D eigenvalue weighted by Crippen LogP contribution is -2.30. The Labute approximate surface area is 162 Å². The number of hydrogen-bond acceptors (Lipinski definition) is 6. The van der Waals surface area contributed by atoms with E-state index in [4.69, 9.17) is 4.52 Å². The van der Waals surface area contributed by atoms with Crippen molar-refractivity contribution in [3.8, 4) is 11.5 Å². The summed E-state index contributed by atoms with van der Waals surface area (Å²) in [6, 6.07) is 6.97. The third-order valence-electron chi connectivity index (χ3n) is 4.74. The Balaban J connectivity index is 1.28. The molecule has 2 heterocycles. The van der Waals surface area contributed by atoms with Crippen molar-refractivity contribution in [1.82, 2.24) is 25.4 Å². The fraction of sp³-hybridized carbons (Fsp3) is 0.350. The van der Waals surface area contributed by atoms with E-state index in [0.717, 1.165) is 36.3 Å². The van der Waals surface area contributed by atoms with Crippen molar-refractivity contribution >= 4 is 11.7 Å². The minimum absolute atomic E-state index is 0.265. The predicted octanol–water partition coefficient (Wildman–Crippen LogP) is 3.00. The SMILES string of the molecule is Cc1noc(-c2ccc(NC(=O)NCCc3nc(C)c4c(n3)CCC4)cc2)n1. The second kappa shape index (κ2) is 7.75. The highest BCUT2D eigenvalue weighted by molar-refractivity contribution is 5.89. The van der Waals surface area contributed by atoms with E-state index in [-0.39, 0.29) is 6.03 Å². The van der Waals surface area contributed by atoms with E-state index in [9.17, 15) is 4.79 Å². The maximum atomic E-state index is 12.1. The predicted molar refractivity (Wildman–Crippen MR) is 104 cm³/mol. The molecule has 8 heteroatoms. The van der Waals surface area contributed by atoms with Crippen LogP contribution >= 0.6 is 0 Å². The summed E-state index contributed by atoms with van der Waals surface area (Å²) in [6.07, 6.45) is 3.86. The molecular formula is C20H22N6O2. The molecule has 8 nitrogen and oxygen atoms in total. The molecule has 144 valence electrons. The number of nitrogens with one attached hydrogen (secondary N) is 2. The maximum Gasteiger partial charge on any atom is 0.319 e. The highest BCUT2D eigenvalue weighted by Crippen LogP contribution is 2.22. The van der Waals surface area contributed by atoms with Crippen molar-refractivity contribution in [2.45, 2.75) is 39.5 Å². The lowest BCUT2D eigenvalue weighted by atomic mass is 10.2. The van der Waals surface area contributed by atoms with Gasteiger partial charge in [-0.15, -0.1) is 0 Å². The average molecular weight is 378 g/mol. The molecule has 28 heavy (non-hydrogen) atoms. The van der Waals surface area contributed by atoms with Crippen molar-refractivity contribution in [2.75, 3.05) is 11.9 Å². The molecule has 0 radical (unpaired) electrons. The van der Waals surface area contributed by atoms with Gasteiger partial charge in [0.25, 0.3) is 5.89 Å². The van der Waals surface area contributed by atoms with Crippen LogP contribution in [0.25, 0.3) is 11.5 Å². The number of amides is 2. The lowest BCUT2D eigenvalue weighted by Gasteiger charge is -2.09. The van der Waals surface area contributed by atoms with Gasteiger partial charge in [-0.05, 0) is 62.9 Å².